The molecular weight excluding hydrogens is 208 g/mol. The molecule has 0 bridgehead atoms. The Balaban J connectivity index is 2.96. The molecule has 0 radical (unpaired) electrons. The molecule has 3 heteroatoms. The van der Waals surface area contributed by atoms with E-state index in [1.165, 1.54) is 12.1 Å². The monoisotopic (exact) mass is 227 g/mol. The van der Waals surface area contributed by atoms with Gasteiger partial charge in [0.15, 0.2) is 0 Å². The van der Waals surface area contributed by atoms with E-state index in [9.17, 15) is 8.78 Å². The van der Waals surface area contributed by atoms with Crippen LogP contribution in [0.5, 0.6) is 0 Å². The van der Waals surface area contributed by atoms with Crippen molar-refractivity contribution in [1.82, 2.24) is 0 Å². The highest BCUT2D eigenvalue weighted by atomic mass is 19.1. The van der Waals surface area contributed by atoms with Gasteiger partial charge in [-0.2, -0.15) is 0 Å². The van der Waals surface area contributed by atoms with E-state index in [4.69, 9.17) is 5.73 Å². The van der Waals surface area contributed by atoms with Crippen molar-refractivity contribution < 1.29 is 8.78 Å². The zero-order chi connectivity index (χ0) is 12.3. The lowest BCUT2D eigenvalue weighted by atomic mass is 9.83. The van der Waals surface area contributed by atoms with Gasteiger partial charge in [-0.3, -0.25) is 0 Å². The fourth-order valence-corrected chi connectivity index (χ4v) is 1.87. The molecule has 1 aromatic carbocycles. The average molecular weight is 227 g/mol. The fraction of sp³-hybridized carbons (Fsp3) is 0.538. The summed E-state index contributed by atoms with van der Waals surface area (Å²) < 4.78 is 26.2. The van der Waals surface area contributed by atoms with E-state index in [0.717, 1.165) is 12.5 Å². The second kappa shape index (κ2) is 4.91. The minimum absolute atomic E-state index is 0.432. The summed E-state index contributed by atoms with van der Waals surface area (Å²) >= 11 is 0. The van der Waals surface area contributed by atoms with Gasteiger partial charge in [0.1, 0.15) is 11.6 Å². The number of nitrogens with two attached hydrogens (primary N) is 1. The van der Waals surface area contributed by atoms with Crippen LogP contribution in [0.1, 0.15) is 39.2 Å². The van der Waals surface area contributed by atoms with Gasteiger partial charge < -0.3 is 5.73 Å². The predicted molar refractivity (Wildman–Crippen MR) is 62.0 cm³/mol. The van der Waals surface area contributed by atoms with E-state index in [1.807, 2.05) is 6.92 Å². The molecule has 2 atom stereocenters. The van der Waals surface area contributed by atoms with Crippen LogP contribution in [-0.2, 0) is 5.54 Å². The average Bonchev–Trinajstić information content (AvgIpc) is 2.15. The predicted octanol–water partition coefficient (Wildman–Crippen LogP) is 3.57. The molecule has 1 nitrogen and oxygen atoms in total. The van der Waals surface area contributed by atoms with Gasteiger partial charge in [-0.1, -0.05) is 20.3 Å². The van der Waals surface area contributed by atoms with Crippen molar-refractivity contribution in [3.05, 3.63) is 35.4 Å². The number of hydrogen-bond donors (Lipinski definition) is 1. The first kappa shape index (κ1) is 13.1. The molecule has 0 spiro atoms. The SMILES string of the molecule is CCC(C)CC(C)(N)c1cc(F)cc(F)c1. The maximum atomic E-state index is 13.1. The first-order chi connectivity index (χ1) is 7.35. The minimum Gasteiger partial charge on any atom is -0.322 e. The molecule has 0 aliphatic heterocycles. The molecule has 0 aliphatic rings. The summed E-state index contributed by atoms with van der Waals surface area (Å²) in [6.07, 6.45) is 1.72. The number of halogens is 2. The summed E-state index contributed by atoms with van der Waals surface area (Å²) in [6, 6.07) is 3.49. The highest BCUT2D eigenvalue weighted by molar-refractivity contribution is 5.25. The van der Waals surface area contributed by atoms with Crippen molar-refractivity contribution in [3.8, 4) is 0 Å². The molecule has 0 aromatic heterocycles. The lowest BCUT2D eigenvalue weighted by Gasteiger charge is -2.28. The van der Waals surface area contributed by atoms with Crippen LogP contribution in [0.3, 0.4) is 0 Å². The van der Waals surface area contributed by atoms with Crippen LogP contribution in [0.2, 0.25) is 0 Å². The van der Waals surface area contributed by atoms with Gasteiger partial charge in [-0.25, -0.2) is 8.78 Å². The lowest BCUT2D eigenvalue weighted by Crippen LogP contribution is -2.35. The van der Waals surface area contributed by atoms with Gasteiger partial charge in [0, 0.05) is 11.6 Å². The molecule has 0 aliphatic carbocycles. The Bertz CT molecular complexity index is 341. The molecule has 1 aromatic rings. The van der Waals surface area contributed by atoms with Gasteiger partial charge in [0.25, 0.3) is 0 Å². The van der Waals surface area contributed by atoms with E-state index >= 15 is 0 Å². The highest BCUT2D eigenvalue weighted by Gasteiger charge is 2.24. The molecule has 0 heterocycles. The third-order valence-electron chi connectivity index (χ3n) is 2.99. The van der Waals surface area contributed by atoms with E-state index in [2.05, 4.69) is 13.8 Å². The quantitative estimate of drug-likeness (QED) is 0.836. The number of rotatable bonds is 4. The maximum absolute atomic E-state index is 13.1. The molecule has 2 unspecified atom stereocenters. The van der Waals surface area contributed by atoms with Gasteiger partial charge in [-0.15, -0.1) is 0 Å². The zero-order valence-corrected chi connectivity index (χ0v) is 10.1. The van der Waals surface area contributed by atoms with Gasteiger partial charge in [0.2, 0.25) is 0 Å². The van der Waals surface area contributed by atoms with E-state index < -0.39 is 17.2 Å². The Morgan fingerprint density at radius 2 is 1.75 bits per heavy atom. The fourth-order valence-electron chi connectivity index (χ4n) is 1.87. The minimum atomic E-state index is -0.682. The molecule has 1 rings (SSSR count). The van der Waals surface area contributed by atoms with Crippen LogP contribution in [0.15, 0.2) is 18.2 Å². The normalized spacial score (nSPS) is 16.9. The second-order valence-electron chi connectivity index (χ2n) is 4.79. The maximum Gasteiger partial charge on any atom is 0.126 e. The standard InChI is InChI=1S/C13H19F2N/c1-4-9(2)8-13(3,16)10-5-11(14)7-12(15)6-10/h5-7,9H,4,8,16H2,1-3H3. The molecule has 0 fully saturated rings. The van der Waals surface area contributed by atoms with Crippen LogP contribution >= 0.6 is 0 Å². The third-order valence-corrected chi connectivity index (χ3v) is 2.99. The van der Waals surface area contributed by atoms with Crippen LogP contribution in [0.25, 0.3) is 0 Å². The summed E-state index contributed by atoms with van der Waals surface area (Å²) in [7, 11) is 0. The first-order valence-corrected chi connectivity index (χ1v) is 5.60. The van der Waals surface area contributed by atoms with Crippen LogP contribution < -0.4 is 5.73 Å². The van der Waals surface area contributed by atoms with E-state index in [0.29, 0.717) is 17.9 Å². The molecule has 0 amide bonds. The van der Waals surface area contributed by atoms with Gasteiger partial charge in [0.05, 0.1) is 0 Å². The van der Waals surface area contributed by atoms with E-state index in [1.54, 1.807) is 0 Å². The molecule has 2 N–H and O–H groups in total. The molecule has 16 heavy (non-hydrogen) atoms. The molecule has 90 valence electrons. The van der Waals surface area contributed by atoms with Crippen molar-refractivity contribution in [2.75, 3.05) is 0 Å². The van der Waals surface area contributed by atoms with Crippen molar-refractivity contribution >= 4 is 0 Å². The lowest BCUT2D eigenvalue weighted by molar-refractivity contribution is 0.353. The van der Waals surface area contributed by atoms with Crippen molar-refractivity contribution in [3.63, 3.8) is 0 Å². The van der Waals surface area contributed by atoms with E-state index in [-0.39, 0.29) is 0 Å². The Hall–Kier alpha value is -0.960. The third kappa shape index (κ3) is 3.27. The summed E-state index contributed by atoms with van der Waals surface area (Å²) in [4.78, 5) is 0. The van der Waals surface area contributed by atoms with Crippen molar-refractivity contribution in [1.29, 1.82) is 0 Å². The smallest absolute Gasteiger partial charge is 0.126 e. The summed E-state index contributed by atoms with van der Waals surface area (Å²) in [5, 5.41) is 0. The summed E-state index contributed by atoms with van der Waals surface area (Å²) in [5.41, 5.74) is 5.96. The Morgan fingerprint density at radius 3 is 2.19 bits per heavy atom. The van der Waals surface area contributed by atoms with Crippen molar-refractivity contribution in [2.24, 2.45) is 11.7 Å². The van der Waals surface area contributed by atoms with Crippen LogP contribution in [0, 0.1) is 17.6 Å². The van der Waals surface area contributed by atoms with Crippen LogP contribution in [0.4, 0.5) is 8.78 Å². The largest absolute Gasteiger partial charge is 0.322 e. The Labute approximate surface area is 95.7 Å². The number of benzene rings is 1. The first-order valence-electron chi connectivity index (χ1n) is 5.60. The van der Waals surface area contributed by atoms with Gasteiger partial charge >= 0.3 is 0 Å². The topological polar surface area (TPSA) is 26.0 Å². The van der Waals surface area contributed by atoms with Crippen LogP contribution in [-0.4, -0.2) is 0 Å². The van der Waals surface area contributed by atoms with Crippen molar-refractivity contribution in [2.45, 2.75) is 39.2 Å². The Morgan fingerprint density at radius 1 is 1.25 bits per heavy atom. The molecule has 0 saturated carbocycles. The second-order valence-corrected chi connectivity index (χ2v) is 4.79. The highest BCUT2D eigenvalue weighted by Crippen LogP contribution is 2.28. The molecule has 0 saturated heterocycles. The number of hydrogen-bond acceptors (Lipinski definition) is 1. The zero-order valence-electron chi connectivity index (χ0n) is 10.1. The molecular formula is C13H19F2N. The van der Waals surface area contributed by atoms with Gasteiger partial charge in [-0.05, 0) is 37.0 Å². The Kier molecular flexibility index (Phi) is 4.03. The summed E-state index contributed by atoms with van der Waals surface area (Å²) in [6.45, 7) is 5.97. The summed E-state index contributed by atoms with van der Waals surface area (Å²) in [5.74, 6) is -0.715.